The van der Waals surface area contributed by atoms with E-state index in [1.165, 1.54) is 4.90 Å². The van der Waals surface area contributed by atoms with Gasteiger partial charge >= 0.3 is 0 Å². The lowest BCUT2D eigenvalue weighted by molar-refractivity contribution is -0.127. The molecule has 0 fully saturated rings. The fourth-order valence-corrected chi connectivity index (χ4v) is 3.40. The van der Waals surface area contributed by atoms with Crippen molar-refractivity contribution in [1.29, 1.82) is 0 Å². The van der Waals surface area contributed by atoms with Crippen LogP contribution in [0.5, 0.6) is 0 Å². The molecule has 0 saturated carbocycles. The Labute approximate surface area is 128 Å². The van der Waals surface area contributed by atoms with Crippen LogP contribution in [-0.4, -0.2) is 11.5 Å². The van der Waals surface area contributed by atoms with Gasteiger partial charge in [-0.05, 0) is 25.0 Å². The molecular weight excluding hydrogens is 264 g/mol. The van der Waals surface area contributed by atoms with E-state index in [0.29, 0.717) is 5.78 Å². The van der Waals surface area contributed by atoms with Crippen LogP contribution in [0.25, 0.3) is 0 Å². The van der Waals surface area contributed by atoms with E-state index in [0.717, 1.165) is 44.3 Å². The molecule has 0 heterocycles. The third-order valence-electron chi connectivity index (χ3n) is 3.81. The molecule has 1 rings (SSSR count). The summed E-state index contributed by atoms with van der Waals surface area (Å²) in [5.41, 5.74) is -0.161. The lowest BCUT2D eigenvalue weighted by Gasteiger charge is -2.28. The highest BCUT2D eigenvalue weighted by Crippen LogP contribution is 2.34. The van der Waals surface area contributed by atoms with E-state index in [4.69, 9.17) is 0 Å². The summed E-state index contributed by atoms with van der Waals surface area (Å²) in [6.45, 7) is 6.51. The molecule has 0 aliphatic heterocycles. The van der Waals surface area contributed by atoms with E-state index in [1.807, 2.05) is 17.8 Å². The Morgan fingerprint density at radius 3 is 2.35 bits per heavy atom. The maximum atomic E-state index is 12.5. The zero-order chi connectivity index (χ0) is 14.8. The van der Waals surface area contributed by atoms with Crippen molar-refractivity contribution in [3.8, 4) is 0 Å². The van der Waals surface area contributed by atoms with Gasteiger partial charge in [-0.15, -0.1) is 11.8 Å². The third-order valence-corrected chi connectivity index (χ3v) is 5.20. The number of unbranched alkanes of at least 4 members (excludes halogenated alkanes) is 2. The van der Waals surface area contributed by atoms with Crippen molar-refractivity contribution in [3.63, 3.8) is 0 Å². The van der Waals surface area contributed by atoms with Gasteiger partial charge in [-0.1, -0.05) is 58.2 Å². The average Bonchev–Trinajstić information content (AvgIpc) is 2.49. The molecule has 0 spiro atoms. The van der Waals surface area contributed by atoms with Gasteiger partial charge in [-0.3, -0.25) is 4.79 Å². The molecule has 0 bridgehead atoms. The minimum atomic E-state index is -0.161. The van der Waals surface area contributed by atoms with E-state index in [1.54, 1.807) is 0 Å². The molecule has 20 heavy (non-hydrogen) atoms. The van der Waals surface area contributed by atoms with Gasteiger partial charge in [0.05, 0.1) is 0 Å². The van der Waals surface area contributed by atoms with Crippen molar-refractivity contribution in [2.75, 3.05) is 5.75 Å². The van der Waals surface area contributed by atoms with Gasteiger partial charge in [-0.2, -0.15) is 0 Å². The van der Waals surface area contributed by atoms with Crippen molar-refractivity contribution in [2.24, 2.45) is 5.41 Å². The molecular formula is C18H28OS. The van der Waals surface area contributed by atoms with Crippen molar-refractivity contribution in [2.45, 2.75) is 64.2 Å². The average molecular weight is 292 g/mol. The first-order chi connectivity index (χ1) is 9.62. The second-order valence-electron chi connectivity index (χ2n) is 5.79. The molecule has 112 valence electrons. The van der Waals surface area contributed by atoms with Gasteiger partial charge in [0.15, 0.2) is 0 Å². The summed E-state index contributed by atoms with van der Waals surface area (Å²) >= 11 is 1.82. The molecule has 0 aliphatic carbocycles. The summed E-state index contributed by atoms with van der Waals surface area (Å²) in [6, 6.07) is 10.4. The summed E-state index contributed by atoms with van der Waals surface area (Å²) in [6.07, 6.45) is 6.19. The molecule has 0 aliphatic rings. The van der Waals surface area contributed by atoms with Gasteiger partial charge < -0.3 is 0 Å². The number of hydrogen-bond acceptors (Lipinski definition) is 2. The highest BCUT2D eigenvalue weighted by molar-refractivity contribution is 7.99. The van der Waals surface area contributed by atoms with E-state index < -0.39 is 0 Å². The lowest BCUT2D eigenvalue weighted by atomic mass is 9.80. The topological polar surface area (TPSA) is 17.1 Å². The van der Waals surface area contributed by atoms with Crippen LogP contribution in [-0.2, 0) is 4.79 Å². The number of hydrogen-bond donors (Lipinski definition) is 0. The molecule has 1 aromatic rings. The molecule has 1 unspecified atom stereocenters. The van der Waals surface area contributed by atoms with E-state index in [9.17, 15) is 4.79 Å². The molecule has 0 amide bonds. The summed E-state index contributed by atoms with van der Waals surface area (Å²) in [7, 11) is 0. The minimum absolute atomic E-state index is 0.161. The highest BCUT2D eigenvalue weighted by atomic mass is 32.2. The van der Waals surface area contributed by atoms with Crippen molar-refractivity contribution >= 4 is 17.5 Å². The van der Waals surface area contributed by atoms with E-state index in [2.05, 4.69) is 45.0 Å². The Bertz CT molecular complexity index is 388. The van der Waals surface area contributed by atoms with E-state index in [-0.39, 0.29) is 5.41 Å². The number of carbonyl (C=O) groups is 1. The summed E-state index contributed by atoms with van der Waals surface area (Å²) in [4.78, 5) is 13.8. The zero-order valence-electron chi connectivity index (χ0n) is 13.2. The van der Waals surface area contributed by atoms with Gasteiger partial charge in [-0.25, -0.2) is 0 Å². The van der Waals surface area contributed by atoms with Crippen molar-refractivity contribution in [3.05, 3.63) is 30.3 Å². The van der Waals surface area contributed by atoms with Gasteiger partial charge in [0.1, 0.15) is 5.78 Å². The van der Waals surface area contributed by atoms with E-state index >= 15 is 0 Å². The predicted molar refractivity (Wildman–Crippen MR) is 89.3 cm³/mol. The molecule has 2 heteroatoms. The Kier molecular flexibility index (Phi) is 7.98. The number of Topliss-reactive ketones (excluding diaryl/α,β-unsaturated/α-hetero) is 1. The fraction of sp³-hybridized carbons (Fsp3) is 0.611. The Hall–Kier alpha value is -0.760. The molecule has 0 N–H and O–H groups in total. The van der Waals surface area contributed by atoms with Crippen LogP contribution in [0, 0.1) is 5.41 Å². The Morgan fingerprint density at radius 2 is 1.75 bits per heavy atom. The van der Waals surface area contributed by atoms with Crippen LogP contribution in [0.3, 0.4) is 0 Å². The number of benzene rings is 1. The van der Waals surface area contributed by atoms with Crippen LogP contribution in [0.2, 0.25) is 0 Å². The molecule has 1 atom stereocenters. The first kappa shape index (κ1) is 17.3. The van der Waals surface area contributed by atoms with Gasteiger partial charge in [0, 0.05) is 22.5 Å². The largest absolute Gasteiger partial charge is 0.299 e. The second kappa shape index (κ2) is 9.23. The smallest absolute Gasteiger partial charge is 0.139 e. The van der Waals surface area contributed by atoms with Crippen LogP contribution in [0.15, 0.2) is 35.2 Å². The molecule has 0 saturated heterocycles. The van der Waals surface area contributed by atoms with Crippen molar-refractivity contribution < 1.29 is 4.79 Å². The summed E-state index contributed by atoms with van der Waals surface area (Å²) in [5.74, 6) is 1.36. The van der Waals surface area contributed by atoms with Crippen LogP contribution >= 0.6 is 11.8 Å². The van der Waals surface area contributed by atoms with Gasteiger partial charge in [0.25, 0.3) is 0 Å². The number of carbonyl (C=O) groups excluding carboxylic acids is 1. The first-order valence-corrected chi connectivity index (χ1v) is 8.82. The first-order valence-electron chi connectivity index (χ1n) is 7.83. The maximum absolute atomic E-state index is 12.5. The predicted octanol–water partition coefficient (Wildman–Crippen LogP) is 5.73. The summed E-state index contributed by atoms with van der Waals surface area (Å²) in [5, 5.41) is 0. The van der Waals surface area contributed by atoms with Crippen LogP contribution < -0.4 is 0 Å². The normalized spacial score (nSPS) is 13.9. The Morgan fingerprint density at radius 1 is 1.10 bits per heavy atom. The highest BCUT2D eigenvalue weighted by Gasteiger charge is 2.31. The van der Waals surface area contributed by atoms with Crippen LogP contribution in [0.1, 0.15) is 59.3 Å². The monoisotopic (exact) mass is 292 g/mol. The summed E-state index contributed by atoms with van der Waals surface area (Å²) < 4.78 is 0. The number of ketones is 1. The fourth-order valence-electron chi connectivity index (χ4n) is 2.26. The minimum Gasteiger partial charge on any atom is -0.299 e. The standard InChI is InChI=1S/C18H28OS/c1-4-6-13-17(19)18(3,14-7-5-2)15-20-16-11-9-8-10-12-16/h8-12H,4-7,13-15H2,1-3H3. The SMILES string of the molecule is CCCCC(=O)C(C)(CCCC)CSc1ccccc1. The second-order valence-corrected chi connectivity index (χ2v) is 6.84. The quantitative estimate of drug-likeness (QED) is 0.512. The molecule has 0 aromatic heterocycles. The molecule has 0 radical (unpaired) electrons. The van der Waals surface area contributed by atoms with Crippen LogP contribution in [0.4, 0.5) is 0 Å². The van der Waals surface area contributed by atoms with Gasteiger partial charge in [0.2, 0.25) is 0 Å². The third kappa shape index (κ3) is 5.70. The number of rotatable bonds is 10. The lowest BCUT2D eigenvalue weighted by Crippen LogP contribution is -2.30. The Balaban J connectivity index is 2.64. The zero-order valence-corrected chi connectivity index (χ0v) is 14.0. The number of thioether (sulfide) groups is 1. The van der Waals surface area contributed by atoms with Crippen molar-refractivity contribution in [1.82, 2.24) is 0 Å². The molecule has 1 nitrogen and oxygen atoms in total. The maximum Gasteiger partial charge on any atom is 0.139 e. The molecule has 1 aromatic carbocycles.